The SMILES string of the molecule is N=C(N)c1ccc2nc(C(CCNS(=O)(=O)Cc3ccccc3)c3nc4ccccc4[nH]3)[nH]c2c1. The summed E-state index contributed by atoms with van der Waals surface area (Å²) in [4.78, 5) is 16.2. The van der Waals surface area contributed by atoms with Crippen LogP contribution >= 0.6 is 0 Å². The van der Waals surface area contributed by atoms with Gasteiger partial charge in [-0.15, -0.1) is 0 Å². The Morgan fingerprint density at radius 3 is 2.29 bits per heavy atom. The Labute approximate surface area is 202 Å². The van der Waals surface area contributed by atoms with E-state index in [1.807, 2.05) is 48.5 Å². The van der Waals surface area contributed by atoms with E-state index in [4.69, 9.17) is 21.1 Å². The van der Waals surface area contributed by atoms with Crippen molar-refractivity contribution in [2.75, 3.05) is 6.54 Å². The summed E-state index contributed by atoms with van der Waals surface area (Å²) in [6.45, 7) is 0.215. The van der Waals surface area contributed by atoms with Crippen molar-refractivity contribution in [1.29, 1.82) is 5.41 Å². The molecule has 0 fully saturated rings. The predicted octanol–water partition coefficient (Wildman–Crippen LogP) is 3.36. The summed E-state index contributed by atoms with van der Waals surface area (Å²) in [5, 5.41) is 7.69. The van der Waals surface area contributed by atoms with E-state index in [9.17, 15) is 8.42 Å². The number of aromatic amines is 2. The highest BCUT2D eigenvalue weighted by atomic mass is 32.2. The summed E-state index contributed by atoms with van der Waals surface area (Å²) < 4.78 is 28.0. The molecule has 0 spiro atoms. The lowest BCUT2D eigenvalue weighted by Crippen LogP contribution is -2.27. The first-order valence-corrected chi connectivity index (χ1v) is 12.8. The minimum absolute atomic E-state index is 0.0234. The highest BCUT2D eigenvalue weighted by Gasteiger charge is 2.23. The van der Waals surface area contributed by atoms with Crippen molar-refractivity contribution in [2.24, 2.45) is 5.73 Å². The van der Waals surface area contributed by atoms with Crippen LogP contribution in [-0.2, 0) is 15.8 Å². The van der Waals surface area contributed by atoms with Crippen molar-refractivity contribution in [3.63, 3.8) is 0 Å². The van der Waals surface area contributed by atoms with Crippen LogP contribution < -0.4 is 10.5 Å². The third kappa shape index (κ3) is 5.08. The number of nitrogens with two attached hydrogens (primary N) is 1. The van der Waals surface area contributed by atoms with Gasteiger partial charge in [0.05, 0.1) is 33.7 Å². The molecule has 1 atom stereocenters. The molecule has 0 amide bonds. The maximum Gasteiger partial charge on any atom is 0.215 e. The van der Waals surface area contributed by atoms with E-state index in [1.54, 1.807) is 24.3 Å². The number of nitrogens with one attached hydrogen (secondary N) is 4. The third-order valence-corrected chi connectivity index (χ3v) is 7.19. The van der Waals surface area contributed by atoms with Crippen LogP contribution in [0.4, 0.5) is 0 Å². The normalized spacial score (nSPS) is 12.8. The number of benzene rings is 3. The summed E-state index contributed by atoms with van der Waals surface area (Å²) in [7, 11) is -3.51. The Hall–Kier alpha value is -4.02. The number of hydrogen-bond acceptors (Lipinski definition) is 5. The number of hydrogen-bond donors (Lipinski definition) is 5. The Morgan fingerprint density at radius 2 is 1.57 bits per heavy atom. The minimum Gasteiger partial charge on any atom is -0.384 e. The number of para-hydroxylation sites is 2. The summed E-state index contributed by atoms with van der Waals surface area (Å²) in [6.07, 6.45) is 0.438. The molecule has 0 aliphatic rings. The van der Waals surface area contributed by atoms with E-state index in [0.717, 1.165) is 27.6 Å². The summed E-state index contributed by atoms with van der Waals surface area (Å²) in [5.74, 6) is 0.933. The van der Waals surface area contributed by atoms with Gasteiger partial charge < -0.3 is 15.7 Å². The van der Waals surface area contributed by atoms with E-state index in [-0.39, 0.29) is 24.1 Å². The number of sulfonamides is 1. The van der Waals surface area contributed by atoms with Crippen molar-refractivity contribution in [2.45, 2.75) is 18.1 Å². The highest BCUT2D eigenvalue weighted by Crippen LogP contribution is 2.28. The average molecular weight is 488 g/mol. The van der Waals surface area contributed by atoms with Crippen molar-refractivity contribution in [1.82, 2.24) is 24.7 Å². The fourth-order valence-electron chi connectivity index (χ4n) is 4.11. The van der Waals surface area contributed by atoms with Gasteiger partial charge in [-0.2, -0.15) is 0 Å². The Morgan fingerprint density at radius 1 is 0.914 bits per heavy atom. The first-order chi connectivity index (χ1) is 16.9. The number of amidine groups is 1. The fraction of sp³-hybridized carbons (Fsp3) is 0.160. The van der Waals surface area contributed by atoms with Crippen molar-refractivity contribution in [3.8, 4) is 0 Å². The van der Waals surface area contributed by atoms with Crippen LogP contribution in [0.25, 0.3) is 22.1 Å². The molecule has 0 saturated carbocycles. The number of H-pyrrole nitrogens is 2. The average Bonchev–Trinajstić information content (AvgIpc) is 3.45. The monoisotopic (exact) mass is 487 g/mol. The minimum atomic E-state index is -3.51. The summed E-state index contributed by atoms with van der Waals surface area (Å²) >= 11 is 0. The predicted molar refractivity (Wildman–Crippen MR) is 137 cm³/mol. The van der Waals surface area contributed by atoms with Crippen molar-refractivity contribution in [3.05, 3.63) is 95.6 Å². The quantitative estimate of drug-likeness (QED) is 0.159. The zero-order chi connectivity index (χ0) is 24.4. The van der Waals surface area contributed by atoms with E-state index in [0.29, 0.717) is 23.6 Å². The smallest absolute Gasteiger partial charge is 0.215 e. The Kier molecular flexibility index (Phi) is 6.06. The van der Waals surface area contributed by atoms with E-state index < -0.39 is 10.0 Å². The van der Waals surface area contributed by atoms with Crippen LogP contribution in [-0.4, -0.2) is 40.7 Å². The number of fused-ring (bicyclic) bond motifs is 2. The zero-order valence-electron chi connectivity index (χ0n) is 18.8. The second kappa shape index (κ2) is 9.32. The van der Waals surface area contributed by atoms with Gasteiger partial charge in [0, 0.05) is 12.1 Å². The maximum absolute atomic E-state index is 12.6. The highest BCUT2D eigenvalue weighted by molar-refractivity contribution is 7.88. The van der Waals surface area contributed by atoms with Gasteiger partial charge in [-0.3, -0.25) is 5.41 Å². The molecule has 6 N–H and O–H groups in total. The van der Waals surface area contributed by atoms with Crippen molar-refractivity contribution >= 4 is 37.9 Å². The number of imidazole rings is 2. The summed E-state index contributed by atoms with van der Waals surface area (Å²) in [6, 6.07) is 22.2. The van der Waals surface area contributed by atoms with Gasteiger partial charge in [0.25, 0.3) is 0 Å². The molecule has 0 aliphatic heterocycles. The van der Waals surface area contributed by atoms with Crippen LogP contribution in [0.3, 0.4) is 0 Å². The third-order valence-electron chi connectivity index (χ3n) is 5.83. The first-order valence-electron chi connectivity index (χ1n) is 11.2. The van der Waals surface area contributed by atoms with Crippen LogP contribution in [0, 0.1) is 5.41 Å². The number of nitrogen functional groups attached to an aromatic ring is 1. The van der Waals surface area contributed by atoms with E-state index in [1.165, 1.54) is 0 Å². The van der Waals surface area contributed by atoms with Crippen LogP contribution in [0.1, 0.15) is 35.1 Å². The summed E-state index contributed by atoms with van der Waals surface area (Å²) in [5.41, 5.74) is 10.2. The topological polar surface area (TPSA) is 153 Å². The first kappa shape index (κ1) is 22.8. The van der Waals surface area contributed by atoms with Gasteiger partial charge in [-0.1, -0.05) is 42.5 Å². The van der Waals surface area contributed by atoms with Gasteiger partial charge in [0.2, 0.25) is 10.0 Å². The molecular formula is C25H25N7O2S. The zero-order valence-corrected chi connectivity index (χ0v) is 19.6. The van der Waals surface area contributed by atoms with Crippen LogP contribution in [0.2, 0.25) is 0 Å². The van der Waals surface area contributed by atoms with Gasteiger partial charge in [-0.05, 0) is 42.3 Å². The number of rotatable bonds is 9. The Balaban J connectivity index is 1.42. The van der Waals surface area contributed by atoms with E-state index >= 15 is 0 Å². The lowest BCUT2D eigenvalue weighted by Gasteiger charge is -2.13. The molecule has 5 aromatic rings. The second-order valence-corrected chi connectivity index (χ2v) is 10.2. The lowest BCUT2D eigenvalue weighted by atomic mass is 10.0. The molecule has 35 heavy (non-hydrogen) atoms. The Bertz CT molecular complexity index is 1570. The lowest BCUT2D eigenvalue weighted by molar-refractivity contribution is 0.569. The van der Waals surface area contributed by atoms with Crippen LogP contribution in [0.15, 0.2) is 72.8 Å². The molecule has 1 unspecified atom stereocenters. The number of nitrogens with zero attached hydrogens (tertiary/aromatic N) is 2. The van der Waals surface area contributed by atoms with Crippen LogP contribution in [0.5, 0.6) is 0 Å². The van der Waals surface area contributed by atoms with Gasteiger partial charge in [0.1, 0.15) is 17.5 Å². The fourth-order valence-corrected chi connectivity index (χ4v) is 5.27. The molecule has 0 saturated heterocycles. The van der Waals surface area contributed by atoms with Gasteiger partial charge in [-0.25, -0.2) is 23.1 Å². The molecular weight excluding hydrogens is 462 g/mol. The molecule has 9 nitrogen and oxygen atoms in total. The maximum atomic E-state index is 12.6. The number of aromatic nitrogens is 4. The van der Waals surface area contributed by atoms with Crippen molar-refractivity contribution < 1.29 is 8.42 Å². The molecule has 2 heterocycles. The second-order valence-electron chi connectivity index (χ2n) is 8.39. The molecule has 3 aromatic carbocycles. The van der Waals surface area contributed by atoms with Gasteiger partial charge >= 0.3 is 0 Å². The molecule has 10 heteroatoms. The molecule has 2 aromatic heterocycles. The van der Waals surface area contributed by atoms with E-state index in [2.05, 4.69) is 14.7 Å². The molecule has 0 aliphatic carbocycles. The molecule has 0 radical (unpaired) electrons. The van der Waals surface area contributed by atoms with Gasteiger partial charge in [0.15, 0.2) is 0 Å². The molecule has 178 valence electrons. The molecule has 0 bridgehead atoms. The molecule has 5 rings (SSSR count). The largest absolute Gasteiger partial charge is 0.384 e. The standard InChI is InChI=1S/C25H25N7O2S/c26-23(27)17-10-11-21-22(14-17)32-25(31-21)18(24-29-19-8-4-5-9-20(19)30-24)12-13-28-35(33,34)15-16-6-2-1-3-7-16/h1-11,14,18,28H,12-13,15H2,(H3,26,27)(H,29,30)(H,31,32).